The molecule has 0 saturated carbocycles. The summed E-state index contributed by atoms with van der Waals surface area (Å²) in [4.78, 5) is 25.8. The Labute approximate surface area is 181 Å². The maximum atomic E-state index is 12.8. The number of hydrogen-bond acceptors (Lipinski definition) is 5. The molecule has 1 fully saturated rings. The number of thioether (sulfide) groups is 1. The molecule has 28 heavy (non-hydrogen) atoms. The van der Waals surface area contributed by atoms with E-state index in [2.05, 4.69) is 0 Å². The van der Waals surface area contributed by atoms with E-state index in [0.717, 1.165) is 16.7 Å². The maximum Gasteiger partial charge on any atom is 0.327 e. The van der Waals surface area contributed by atoms with Crippen LogP contribution >= 0.6 is 47.2 Å². The number of aliphatic carboxylic acids is 1. The third-order valence-corrected chi connectivity index (χ3v) is 6.06. The SMILES string of the molecule is CC(C)[C@@H](C(=O)O)N1C(=O)/C(=C/c2ccc(-c3c(Cl)cccc3Cl)o2)SC1=S. The van der Waals surface area contributed by atoms with Gasteiger partial charge in [0.05, 0.1) is 20.5 Å². The van der Waals surface area contributed by atoms with Crippen molar-refractivity contribution in [2.24, 2.45) is 5.92 Å². The molecule has 1 N–H and O–H groups in total. The highest BCUT2D eigenvalue weighted by atomic mass is 35.5. The molecular formula is C19H15Cl2NO4S2. The molecule has 1 atom stereocenters. The van der Waals surface area contributed by atoms with Crippen molar-refractivity contribution in [1.29, 1.82) is 0 Å². The van der Waals surface area contributed by atoms with E-state index >= 15 is 0 Å². The van der Waals surface area contributed by atoms with Gasteiger partial charge in [0, 0.05) is 6.08 Å². The Morgan fingerprint density at radius 1 is 1.25 bits per heavy atom. The van der Waals surface area contributed by atoms with Gasteiger partial charge in [-0.05, 0) is 30.2 Å². The molecule has 0 bridgehead atoms. The lowest BCUT2D eigenvalue weighted by Gasteiger charge is -2.26. The van der Waals surface area contributed by atoms with Gasteiger partial charge in [-0.15, -0.1) is 0 Å². The fourth-order valence-electron chi connectivity index (χ4n) is 2.84. The summed E-state index contributed by atoms with van der Waals surface area (Å²) in [7, 11) is 0. The Morgan fingerprint density at radius 3 is 2.46 bits per heavy atom. The van der Waals surface area contributed by atoms with Crippen molar-refractivity contribution in [2.75, 3.05) is 0 Å². The third-order valence-electron chi connectivity index (χ3n) is 4.10. The van der Waals surface area contributed by atoms with Crippen LogP contribution in [-0.4, -0.2) is 32.2 Å². The van der Waals surface area contributed by atoms with Gasteiger partial charge in [0.1, 0.15) is 21.9 Å². The van der Waals surface area contributed by atoms with E-state index in [1.807, 2.05) is 0 Å². The number of benzene rings is 1. The predicted octanol–water partition coefficient (Wildman–Crippen LogP) is 5.56. The Balaban J connectivity index is 1.91. The van der Waals surface area contributed by atoms with E-state index in [4.69, 9.17) is 39.8 Å². The third kappa shape index (κ3) is 3.98. The highest BCUT2D eigenvalue weighted by Crippen LogP contribution is 2.38. The van der Waals surface area contributed by atoms with E-state index in [-0.39, 0.29) is 10.2 Å². The van der Waals surface area contributed by atoms with Crippen LogP contribution in [0.5, 0.6) is 0 Å². The Hall–Kier alpha value is -1.80. The fourth-order valence-corrected chi connectivity index (χ4v) is 4.73. The molecule has 9 heteroatoms. The lowest BCUT2D eigenvalue weighted by atomic mass is 10.0. The second kappa shape index (κ2) is 8.29. The maximum absolute atomic E-state index is 12.8. The van der Waals surface area contributed by atoms with E-state index in [1.54, 1.807) is 44.2 Å². The molecule has 0 radical (unpaired) electrons. The highest BCUT2D eigenvalue weighted by molar-refractivity contribution is 8.26. The first-order valence-electron chi connectivity index (χ1n) is 8.24. The first kappa shape index (κ1) is 20.9. The largest absolute Gasteiger partial charge is 0.480 e. The Bertz CT molecular complexity index is 979. The van der Waals surface area contributed by atoms with Crippen molar-refractivity contribution in [1.82, 2.24) is 4.90 Å². The number of carboxylic acid groups (broad SMARTS) is 1. The van der Waals surface area contributed by atoms with Crippen molar-refractivity contribution in [2.45, 2.75) is 19.9 Å². The summed E-state index contributed by atoms with van der Waals surface area (Å²) in [6.07, 6.45) is 1.53. The monoisotopic (exact) mass is 455 g/mol. The molecule has 1 amide bonds. The first-order valence-corrected chi connectivity index (χ1v) is 10.2. The number of hydrogen-bond donors (Lipinski definition) is 1. The smallest absolute Gasteiger partial charge is 0.327 e. The van der Waals surface area contributed by atoms with Gasteiger partial charge < -0.3 is 9.52 Å². The predicted molar refractivity (Wildman–Crippen MR) is 115 cm³/mol. The van der Waals surface area contributed by atoms with Gasteiger partial charge in [0.25, 0.3) is 5.91 Å². The van der Waals surface area contributed by atoms with Crippen LogP contribution in [0.1, 0.15) is 19.6 Å². The van der Waals surface area contributed by atoms with Crippen LogP contribution in [0, 0.1) is 5.92 Å². The summed E-state index contributed by atoms with van der Waals surface area (Å²) >= 11 is 18.7. The molecule has 0 aliphatic carbocycles. The van der Waals surface area contributed by atoms with Gasteiger partial charge in [-0.2, -0.15) is 0 Å². The summed E-state index contributed by atoms with van der Waals surface area (Å²) in [6, 6.07) is 7.50. The number of amides is 1. The molecule has 1 aliphatic rings. The Morgan fingerprint density at radius 2 is 1.89 bits per heavy atom. The molecule has 0 unspecified atom stereocenters. The fraction of sp³-hybridized carbons (Fsp3) is 0.211. The normalized spacial score (nSPS) is 17.0. The Kier molecular flexibility index (Phi) is 6.19. The number of rotatable bonds is 5. The standard InChI is InChI=1S/C19H15Cl2NO4S2/c1-9(2)16(18(24)25)22-17(23)14(28-19(22)27)8-10-6-7-13(26-10)15-11(20)4-3-5-12(15)21/h3-9,16H,1-2H3,(H,24,25)/b14-8-/t16-/m0/s1. The van der Waals surface area contributed by atoms with Gasteiger partial charge in [0.2, 0.25) is 0 Å². The van der Waals surface area contributed by atoms with Crippen LogP contribution in [0.15, 0.2) is 39.7 Å². The molecule has 2 heterocycles. The van der Waals surface area contributed by atoms with Gasteiger partial charge in [0.15, 0.2) is 0 Å². The number of carboxylic acids is 1. The molecule has 146 valence electrons. The van der Waals surface area contributed by atoms with Crippen LogP contribution < -0.4 is 0 Å². The minimum absolute atomic E-state index is 0.207. The number of thiocarbonyl (C=S) groups is 1. The summed E-state index contributed by atoms with van der Waals surface area (Å²) in [6.45, 7) is 3.46. The van der Waals surface area contributed by atoms with Crippen LogP contribution in [0.3, 0.4) is 0 Å². The van der Waals surface area contributed by atoms with Crippen molar-refractivity contribution >= 4 is 69.5 Å². The lowest BCUT2D eigenvalue weighted by Crippen LogP contribution is -2.47. The summed E-state index contributed by atoms with van der Waals surface area (Å²) in [5, 5.41) is 10.4. The molecule has 1 aromatic carbocycles. The second-order valence-electron chi connectivity index (χ2n) is 6.38. The quantitative estimate of drug-likeness (QED) is 0.469. The summed E-state index contributed by atoms with van der Waals surface area (Å²) < 4.78 is 5.99. The minimum atomic E-state index is -1.10. The zero-order valence-corrected chi connectivity index (χ0v) is 18.0. The van der Waals surface area contributed by atoms with Gasteiger partial charge in [-0.25, -0.2) is 4.79 Å². The average Bonchev–Trinajstić information content (AvgIpc) is 3.15. The molecule has 1 saturated heterocycles. The lowest BCUT2D eigenvalue weighted by molar-refractivity contribution is -0.146. The zero-order chi connectivity index (χ0) is 20.6. The average molecular weight is 456 g/mol. The minimum Gasteiger partial charge on any atom is -0.480 e. The number of carbonyl (C=O) groups is 2. The molecular weight excluding hydrogens is 441 g/mol. The van der Waals surface area contributed by atoms with E-state index in [9.17, 15) is 14.7 Å². The topological polar surface area (TPSA) is 70.8 Å². The van der Waals surface area contributed by atoms with Gasteiger partial charge in [-0.1, -0.05) is 67.1 Å². The molecule has 1 aromatic heterocycles. The number of nitrogens with zero attached hydrogens (tertiary/aromatic N) is 1. The molecule has 2 aromatic rings. The first-order chi connectivity index (χ1) is 13.2. The van der Waals surface area contributed by atoms with Crippen molar-refractivity contribution in [3.8, 4) is 11.3 Å². The van der Waals surface area contributed by atoms with E-state index in [0.29, 0.717) is 32.0 Å². The van der Waals surface area contributed by atoms with Crippen molar-refractivity contribution in [3.05, 3.63) is 51.0 Å². The van der Waals surface area contributed by atoms with Crippen LogP contribution in [0.25, 0.3) is 17.4 Å². The number of halogens is 2. The number of carbonyl (C=O) groups excluding carboxylic acids is 1. The summed E-state index contributed by atoms with van der Waals surface area (Å²) in [5.74, 6) is -0.978. The van der Waals surface area contributed by atoms with Crippen LogP contribution in [0.2, 0.25) is 10.0 Å². The number of furan rings is 1. The molecule has 1 aliphatic heterocycles. The van der Waals surface area contributed by atoms with Gasteiger partial charge >= 0.3 is 5.97 Å². The van der Waals surface area contributed by atoms with E-state index in [1.165, 1.54) is 6.08 Å². The van der Waals surface area contributed by atoms with Crippen molar-refractivity contribution in [3.63, 3.8) is 0 Å². The van der Waals surface area contributed by atoms with Crippen molar-refractivity contribution < 1.29 is 19.1 Å². The molecule has 5 nitrogen and oxygen atoms in total. The highest BCUT2D eigenvalue weighted by Gasteiger charge is 2.42. The summed E-state index contributed by atoms with van der Waals surface area (Å²) in [5.41, 5.74) is 0.559. The van der Waals surface area contributed by atoms with Crippen LogP contribution in [-0.2, 0) is 9.59 Å². The van der Waals surface area contributed by atoms with Crippen LogP contribution in [0.4, 0.5) is 0 Å². The van der Waals surface area contributed by atoms with E-state index < -0.39 is 17.9 Å². The second-order valence-corrected chi connectivity index (χ2v) is 8.87. The zero-order valence-electron chi connectivity index (χ0n) is 14.8. The van der Waals surface area contributed by atoms with Gasteiger partial charge in [-0.3, -0.25) is 9.69 Å². The molecule has 3 rings (SSSR count). The molecule has 0 spiro atoms.